The van der Waals surface area contributed by atoms with Gasteiger partial charge in [-0.05, 0) is 51.1 Å². The van der Waals surface area contributed by atoms with Crippen LogP contribution in [0.2, 0.25) is 0 Å². The van der Waals surface area contributed by atoms with E-state index < -0.39 is 12.0 Å². The van der Waals surface area contributed by atoms with Crippen molar-refractivity contribution >= 4 is 12.0 Å². The Morgan fingerprint density at radius 1 is 1.10 bits per heavy atom. The molecule has 2 atom stereocenters. The fraction of sp³-hybridized carbons (Fsp3) is 0.857. The molecule has 3 aliphatic rings. The van der Waals surface area contributed by atoms with Gasteiger partial charge in [0.05, 0.1) is 0 Å². The molecule has 0 aromatic carbocycles. The van der Waals surface area contributed by atoms with Crippen molar-refractivity contribution in [1.82, 2.24) is 15.1 Å². The average molecular weight is 281 g/mol. The summed E-state index contributed by atoms with van der Waals surface area (Å²) < 4.78 is 0. The van der Waals surface area contributed by atoms with Crippen molar-refractivity contribution in [2.24, 2.45) is 5.92 Å². The molecule has 2 amide bonds. The third kappa shape index (κ3) is 2.90. The van der Waals surface area contributed by atoms with E-state index in [1.54, 1.807) is 4.90 Å². The molecule has 3 fully saturated rings. The second-order valence-corrected chi connectivity index (χ2v) is 6.23. The molecule has 0 radical (unpaired) electrons. The van der Waals surface area contributed by atoms with E-state index in [1.807, 2.05) is 0 Å². The van der Waals surface area contributed by atoms with Gasteiger partial charge < -0.3 is 15.3 Å². The van der Waals surface area contributed by atoms with Crippen molar-refractivity contribution < 1.29 is 14.7 Å². The highest BCUT2D eigenvalue weighted by molar-refractivity contribution is 5.83. The molecule has 1 saturated carbocycles. The first-order chi connectivity index (χ1) is 9.65. The Hall–Kier alpha value is -1.30. The summed E-state index contributed by atoms with van der Waals surface area (Å²) >= 11 is 0. The normalized spacial score (nSPS) is 28.6. The third-order valence-corrected chi connectivity index (χ3v) is 4.75. The van der Waals surface area contributed by atoms with Crippen molar-refractivity contribution in [3.63, 3.8) is 0 Å². The number of carbonyl (C=O) groups excluding carboxylic acids is 1. The summed E-state index contributed by atoms with van der Waals surface area (Å²) in [5, 5.41) is 11.9. The van der Waals surface area contributed by atoms with Crippen molar-refractivity contribution in [3.05, 3.63) is 0 Å². The summed E-state index contributed by atoms with van der Waals surface area (Å²) in [5.41, 5.74) is 0. The SMILES string of the molecule is O=C(O)C(NC(=O)N1CCC(N2CCCC2)C1)C1CC1. The number of carbonyl (C=O) groups is 2. The smallest absolute Gasteiger partial charge is 0.326 e. The lowest BCUT2D eigenvalue weighted by Crippen LogP contribution is -2.49. The average Bonchev–Trinajstić information content (AvgIpc) is 2.94. The van der Waals surface area contributed by atoms with Crippen LogP contribution in [0.4, 0.5) is 4.79 Å². The minimum absolute atomic E-state index is 0.133. The van der Waals surface area contributed by atoms with Crippen LogP contribution in [-0.4, -0.2) is 65.2 Å². The van der Waals surface area contributed by atoms with E-state index in [-0.39, 0.29) is 11.9 Å². The first-order valence-corrected chi connectivity index (χ1v) is 7.67. The van der Waals surface area contributed by atoms with Gasteiger partial charge in [0.15, 0.2) is 0 Å². The maximum Gasteiger partial charge on any atom is 0.326 e. The van der Waals surface area contributed by atoms with Crippen LogP contribution in [0.5, 0.6) is 0 Å². The number of carboxylic acid groups (broad SMARTS) is 1. The predicted octanol–water partition coefficient (Wildman–Crippen LogP) is 0.729. The number of carboxylic acids is 1. The third-order valence-electron chi connectivity index (χ3n) is 4.75. The van der Waals surface area contributed by atoms with Gasteiger partial charge in [-0.15, -0.1) is 0 Å². The van der Waals surface area contributed by atoms with Crippen LogP contribution in [0.1, 0.15) is 32.1 Å². The van der Waals surface area contributed by atoms with E-state index in [1.165, 1.54) is 12.8 Å². The van der Waals surface area contributed by atoms with Gasteiger partial charge in [0.1, 0.15) is 6.04 Å². The zero-order chi connectivity index (χ0) is 14.1. The summed E-state index contributed by atoms with van der Waals surface area (Å²) in [7, 11) is 0. The van der Waals surface area contributed by atoms with Crippen molar-refractivity contribution in [2.45, 2.75) is 44.2 Å². The van der Waals surface area contributed by atoms with E-state index in [0.717, 1.165) is 45.4 Å². The quantitative estimate of drug-likeness (QED) is 0.797. The number of amides is 2. The molecule has 0 spiro atoms. The zero-order valence-corrected chi connectivity index (χ0v) is 11.8. The monoisotopic (exact) mass is 281 g/mol. The fourth-order valence-electron chi connectivity index (χ4n) is 3.37. The van der Waals surface area contributed by atoms with Crippen LogP contribution in [0, 0.1) is 5.92 Å². The predicted molar refractivity (Wildman–Crippen MR) is 73.5 cm³/mol. The maximum atomic E-state index is 12.2. The van der Waals surface area contributed by atoms with E-state index in [0.29, 0.717) is 6.04 Å². The van der Waals surface area contributed by atoms with Gasteiger partial charge in [0.2, 0.25) is 0 Å². The maximum absolute atomic E-state index is 12.2. The van der Waals surface area contributed by atoms with Crippen LogP contribution >= 0.6 is 0 Å². The highest BCUT2D eigenvalue weighted by atomic mass is 16.4. The highest BCUT2D eigenvalue weighted by Gasteiger charge is 2.39. The van der Waals surface area contributed by atoms with Gasteiger partial charge in [-0.2, -0.15) is 0 Å². The number of aliphatic carboxylic acids is 1. The minimum atomic E-state index is -0.906. The number of nitrogens with zero attached hydrogens (tertiary/aromatic N) is 2. The summed E-state index contributed by atoms with van der Waals surface area (Å²) in [6, 6.07) is -0.438. The Labute approximate surface area is 119 Å². The summed E-state index contributed by atoms with van der Waals surface area (Å²) in [6.07, 6.45) is 5.34. The lowest BCUT2D eigenvalue weighted by Gasteiger charge is -2.24. The molecule has 3 rings (SSSR count). The first-order valence-electron chi connectivity index (χ1n) is 7.67. The number of hydrogen-bond donors (Lipinski definition) is 2. The molecule has 2 aliphatic heterocycles. The van der Waals surface area contributed by atoms with Crippen LogP contribution in [0.25, 0.3) is 0 Å². The molecule has 2 saturated heterocycles. The fourth-order valence-corrected chi connectivity index (χ4v) is 3.37. The van der Waals surface area contributed by atoms with E-state index >= 15 is 0 Å². The topological polar surface area (TPSA) is 72.9 Å². The Bertz CT molecular complexity index is 391. The van der Waals surface area contributed by atoms with Crippen molar-refractivity contribution in [1.29, 1.82) is 0 Å². The van der Waals surface area contributed by atoms with Gasteiger partial charge in [0, 0.05) is 19.1 Å². The van der Waals surface area contributed by atoms with Crippen LogP contribution in [0.3, 0.4) is 0 Å². The minimum Gasteiger partial charge on any atom is -0.480 e. The molecule has 2 N–H and O–H groups in total. The van der Waals surface area contributed by atoms with E-state index in [4.69, 9.17) is 5.11 Å². The first kappa shape index (κ1) is 13.7. The summed E-state index contributed by atoms with van der Waals surface area (Å²) in [6.45, 7) is 3.76. The van der Waals surface area contributed by atoms with Crippen molar-refractivity contribution in [3.8, 4) is 0 Å². The Morgan fingerprint density at radius 3 is 2.40 bits per heavy atom. The molecule has 2 unspecified atom stereocenters. The lowest BCUT2D eigenvalue weighted by molar-refractivity contribution is -0.139. The molecule has 0 bridgehead atoms. The van der Waals surface area contributed by atoms with E-state index in [2.05, 4.69) is 10.2 Å². The Morgan fingerprint density at radius 2 is 1.80 bits per heavy atom. The van der Waals surface area contributed by atoms with Crippen LogP contribution in [0.15, 0.2) is 0 Å². The van der Waals surface area contributed by atoms with Crippen LogP contribution < -0.4 is 5.32 Å². The van der Waals surface area contributed by atoms with Crippen molar-refractivity contribution in [2.75, 3.05) is 26.2 Å². The molecular weight excluding hydrogens is 258 g/mol. The van der Waals surface area contributed by atoms with Gasteiger partial charge in [-0.25, -0.2) is 9.59 Å². The molecule has 0 aromatic rings. The van der Waals surface area contributed by atoms with E-state index in [9.17, 15) is 9.59 Å². The lowest BCUT2D eigenvalue weighted by atomic mass is 10.2. The largest absolute Gasteiger partial charge is 0.480 e. The molecule has 20 heavy (non-hydrogen) atoms. The highest BCUT2D eigenvalue weighted by Crippen LogP contribution is 2.33. The second-order valence-electron chi connectivity index (χ2n) is 6.23. The van der Waals surface area contributed by atoms with Gasteiger partial charge in [0.25, 0.3) is 0 Å². The van der Waals surface area contributed by atoms with Gasteiger partial charge in [-0.3, -0.25) is 4.90 Å². The molecule has 1 aliphatic carbocycles. The number of likely N-dealkylation sites (tertiary alicyclic amines) is 2. The second kappa shape index (κ2) is 5.60. The molecule has 6 heteroatoms. The standard InChI is InChI=1S/C14H23N3O3/c18-13(19)12(10-3-4-10)15-14(20)17-8-5-11(9-17)16-6-1-2-7-16/h10-12H,1-9H2,(H,15,20)(H,18,19). The number of urea groups is 1. The summed E-state index contributed by atoms with van der Waals surface area (Å²) in [5.74, 6) is -0.774. The Balaban J connectivity index is 1.51. The number of nitrogens with one attached hydrogen (secondary N) is 1. The van der Waals surface area contributed by atoms with Gasteiger partial charge in [-0.1, -0.05) is 0 Å². The number of hydrogen-bond acceptors (Lipinski definition) is 3. The Kier molecular flexibility index (Phi) is 3.83. The number of rotatable bonds is 4. The molecule has 6 nitrogen and oxygen atoms in total. The summed E-state index contributed by atoms with van der Waals surface area (Å²) in [4.78, 5) is 27.6. The molecular formula is C14H23N3O3. The zero-order valence-electron chi connectivity index (χ0n) is 11.8. The molecule has 0 aromatic heterocycles. The van der Waals surface area contributed by atoms with Gasteiger partial charge >= 0.3 is 12.0 Å². The van der Waals surface area contributed by atoms with Crippen LogP contribution in [-0.2, 0) is 4.79 Å². The molecule has 112 valence electrons. The molecule has 2 heterocycles.